The fourth-order valence-corrected chi connectivity index (χ4v) is 2.16. The van der Waals surface area contributed by atoms with Crippen molar-refractivity contribution in [3.63, 3.8) is 0 Å². The zero-order chi connectivity index (χ0) is 11.5. The molecule has 0 N–H and O–H groups in total. The summed E-state index contributed by atoms with van der Waals surface area (Å²) in [7, 11) is 0. The van der Waals surface area contributed by atoms with Gasteiger partial charge in [-0.3, -0.25) is 4.79 Å². The summed E-state index contributed by atoms with van der Waals surface area (Å²) in [5.41, 5.74) is 3.79. The van der Waals surface area contributed by atoms with Crippen molar-refractivity contribution in [2.45, 2.75) is 39.5 Å². The SMILES string of the molecule is CCc1cc(CC)c2c(c1)CCC(=O)CO2. The quantitative estimate of drug-likeness (QED) is 0.763. The average molecular weight is 218 g/mol. The Morgan fingerprint density at radius 1 is 1.19 bits per heavy atom. The number of carbonyl (C=O) groups excluding carboxylic acids is 1. The van der Waals surface area contributed by atoms with Crippen molar-refractivity contribution in [3.8, 4) is 5.75 Å². The monoisotopic (exact) mass is 218 g/mol. The lowest BCUT2D eigenvalue weighted by Gasteiger charge is -2.13. The van der Waals surface area contributed by atoms with Crippen LogP contribution in [0, 0.1) is 0 Å². The van der Waals surface area contributed by atoms with Gasteiger partial charge in [-0.25, -0.2) is 0 Å². The van der Waals surface area contributed by atoms with Gasteiger partial charge in [0.25, 0.3) is 0 Å². The predicted molar refractivity (Wildman–Crippen MR) is 64.0 cm³/mol. The van der Waals surface area contributed by atoms with Crippen molar-refractivity contribution in [2.24, 2.45) is 0 Å². The molecule has 0 aromatic heterocycles. The van der Waals surface area contributed by atoms with Gasteiger partial charge in [-0.05, 0) is 36.0 Å². The van der Waals surface area contributed by atoms with Gasteiger partial charge in [0.1, 0.15) is 12.4 Å². The molecular weight excluding hydrogens is 200 g/mol. The van der Waals surface area contributed by atoms with Crippen molar-refractivity contribution in [1.82, 2.24) is 0 Å². The molecule has 86 valence electrons. The van der Waals surface area contributed by atoms with Crippen LogP contribution in [-0.4, -0.2) is 12.4 Å². The second-order valence-corrected chi connectivity index (χ2v) is 4.28. The number of carbonyl (C=O) groups is 1. The third-order valence-corrected chi connectivity index (χ3v) is 3.14. The summed E-state index contributed by atoms with van der Waals surface area (Å²) in [5.74, 6) is 1.17. The van der Waals surface area contributed by atoms with Crippen LogP contribution in [-0.2, 0) is 24.1 Å². The Kier molecular flexibility index (Phi) is 3.28. The summed E-state index contributed by atoms with van der Waals surface area (Å²) >= 11 is 0. The Balaban J connectivity index is 2.44. The van der Waals surface area contributed by atoms with Gasteiger partial charge in [-0.2, -0.15) is 0 Å². The van der Waals surface area contributed by atoms with Crippen LogP contribution in [0.1, 0.15) is 37.0 Å². The first-order valence-corrected chi connectivity index (χ1v) is 6.03. The molecule has 0 amide bonds. The maximum absolute atomic E-state index is 11.4. The van der Waals surface area contributed by atoms with Crippen molar-refractivity contribution in [2.75, 3.05) is 6.61 Å². The Morgan fingerprint density at radius 3 is 2.69 bits per heavy atom. The number of aryl methyl sites for hydroxylation is 3. The second kappa shape index (κ2) is 4.69. The molecule has 1 heterocycles. The van der Waals surface area contributed by atoms with Crippen molar-refractivity contribution in [3.05, 3.63) is 28.8 Å². The largest absolute Gasteiger partial charge is 0.485 e. The number of ketones is 1. The van der Waals surface area contributed by atoms with Crippen LogP contribution >= 0.6 is 0 Å². The molecule has 2 heteroatoms. The van der Waals surface area contributed by atoms with Gasteiger partial charge in [0.15, 0.2) is 5.78 Å². The first-order chi connectivity index (χ1) is 7.74. The zero-order valence-corrected chi connectivity index (χ0v) is 10.0. The molecule has 2 rings (SSSR count). The minimum Gasteiger partial charge on any atom is -0.485 e. The highest BCUT2D eigenvalue weighted by Crippen LogP contribution is 2.30. The Morgan fingerprint density at radius 2 is 2.00 bits per heavy atom. The van der Waals surface area contributed by atoms with Gasteiger partial charge >= 0.3 is 0 Å². The van der Waals surface area contributed by atoms with Crippen molar-refractivity contribution < 1.29 is 9.53 Å². The van der Waals surface area contributed by atoms with Gasteiger partial charge in [-0.15, -0.1) is 0 Å². The molecular formula is C14H18O2. The number of ether oxygens (including phenoxy) is 1. The molecule has 1 aliphatic heterocycles. The molecule has 0 bridgehead atoms. The molecule has 1 aromatic carbocycles. The normalized spacial score (nSPS) is 15.2. The highest BCUT2D eigenvalue weighted by Gasteiger charge is 2.17. The molecule has 0 saturated carbocycles. The molecule has 2 nitrogen and oxygen atoms in total. The maximum Gasteiger partial charge on any atom is 0.170 e. The van der Waals surface area contributed by atoms with E-state index in [0.29, 0.717) is 6.42 Å². The highest BCUT2D eigenvalue weighted by molar-refractivity contribution is 5.81. The van der Waals surface area contributed by atoms with E-state index in [0.717, 1.165) is 25.0 Å². The third-order valence-electron chi connectivity index (χ3n) is 3.14. The maximum atomic E-state index is 11.4. The molecule has 0 atom stereocenters. The lowest BCUT2D eigenvalue weighted by molar-refractivity contribution is -0.120. The summed E-state index contributed by atoms with van der Waals surface area (Å²) in [6, 6.07) is 4.39. The van der Waals surface area contributed by atoms with E-state index in [2.05, 4.69) is 26.0 Å². The number of benzene rings is 1. The number of hydrogen-bond acceptors (Lipinski definition) is 2. The first-order valence-electron chi connectivity index (χ1n) is 6.03. The van der Waals surface area contributed by atoms with E-state index in [1.807, 2.05) is 0 Å². The smallest absolute Gasteiger partial charge is 0.170 e. The van der Waals surface area contributed by atoms with Crippen LogP contribution < -0.4 is 4.74 Å². The van der Waals surface area contributed by atoms with Gasteiger partial charge in [0.05, 0.1) is 0 Å². The molecule has 16 heavy (non-hydrogen) atoms. The van der Waals surface area contributed by atoms with Gasteiger partial charge in [0, 0.05) is 6.42 Å². The minimum absolute atomic E-state index is 0.205. The number of hydrogen-bond donors (Lipinski definition) is 0. The lowest BCUT2D eigenvalue weighted by atomic mass is 9.98. The minimum atomic E-state index is 0.205. The number of rotatable bonds is 2. The standard InChI is InChI=1S/C14H18O2/c1-3-10-7-11(4-2)14-12(8-10)5-6-13(15)9-16-14/h7-8H,3-6,9H2,1-2H3. The second-order valence-electron chi connectivity index (χ2n) is 4.28. The van der Waals surface area contributed by atoms with E-state index in [4.69, 9.17) is 4.74 Å². The lowest BCUT2D eigenvalue weighted by Crippen LogP contribution is -2.08. The van der Waals surface area contributed by atoms with Gasteiger partial charge in [-0.1, -0.05) is 26.0 Å². The predicted octanol–water partition coefficient (Wildman–Crippen LogP) is 2.71. The number of Topliss-reactive ketones (excluding diaryl/α,β-unsaturated/α-hetero) is 1. The Hall–Kier alpha value is -1.31. The van der Waals surface area contributed by atoms with E-state index in [1.165, 1.54) is 16.7 Å². The third kappa shape index (κ3) is 2.11. The first kappa shape index (κ1) is 11.2. The highest BCUT2D eigenvalue weighted by atomic mass is 16.5. The summed E-state index contributed by atoms with van der Waals surface area (Å²) in [6.07, 6.45) is 3.44. The zero-order valence-electron chi connectivity index (χ0n) is 10.0. The fourth-order valence-electron chi connectivity index (χ4n) is 2.16. The average Bonchev–Trinajstić information content (AvgIpc) is 2.50. The van der Waals surface area contributed by atoms with Crippen LogP contribution in [0.5, 0.6) is 5.75 Å². The van der Waals surface area contributed by atoms with Crippen LogP contribution in [0.2, 0.25) is 0 Å². The summed E-state index contributed by atoms with van der Waals surface area (Å²) < 4.78 is 5.63. The van der Waals surface area contributed by atoms with E-state index in [-0.39, 0.29) is 12.4 Å². The summed E-state index contributed by atoms with van der Waals surface area (Å²) in [5, 5.41) is 0. The summed E-state index contributed by atoms with van der Waals surface area (Å²) in [4.78, 5) is 11.4. The van der Waals surface area contributed by atoms with Crippen LogP contribution in [0.4, 0.5) is 0 Å². The molecule has 0 radical (unpaired) electrons. The van der Waals surface area contributed by atoms with E-state index < -0.39 is 0 Å². The van der Waals surface area contributed by atoms with E-state index in [9.17, 15) is 4.79 Å². The van der Waals surface area contributed by atoms with E-state index >= 15 is 0 Å². The van der Waals surface area contributed by atoms with Crippen LogP contribution in [0.25, 0.3) is 0 Å². The summed E-state index contributed by atoms with van der Waals surface area (Å²) in [6.45, 7) is 4.53. The van der Waals surface area contributed by atoms with Crippen LogP contribution in [0.15, 0.2) is 12.1 Å². The Labute approximate surface area is 96.6 Å². The molecule has 1 aliphatic rings. The fraction of sp³-hybridized carbons (Fsp3) is 0.500. The molecule has 0 unspecified atom stereocenters. The molecule has 0 spiro atoms. The molecule has 0 fully saturated rings. The molecule has 0 saturated heterocycles. The van der Waals surface area contributed by atoms with Gasteiger partial charge in [0.2, 0.25) is 0 Å². The van der Waals surface area contributed by atoms with Crippen LogP contribution in [0.3, 0.4) is 0 Å². The van der Waals surface area contributed by atoms with E-state index in [1.54, 1.807) is 0 Å². The van der Waals surface area contributed by atoms with Crippen molar-refractivity contribution >= 4 is 5.78 Å². The molecule has 0 aliphatic carbocycles. The van der Waals surface area contributed by atoms with Gasteiger partial charge < -0.3 is 4.74 Å². The Bertz CT molecular complexity index is 407. The molecule has 1 aromatic rings. The van der Waals surface area contributed by atoms with Crippen molar-refractivity contribution in [1.29, 1.82) is 0 Å². The topological polar surface area (TPSA) is 26.3 Å². The number of fused-ring (bicyclic) bond motifs is 1.